The number of aryl methyl sites for hydroxylation is 2. The van der Waals surface area contributed by atoms with Gasteiger partial charge in [-0.2, -0.15) is 4.31 Å². The summed E-state index contributed by atoms with van der Waals surface area (Å²) >= 11 is 0. The topological polar surface area (TPSA) is 49.4 Å². The number of halogens is 1. The Hall–Kier alpha value is -0.620. The second kappa shape index (κ2) is 6.89. The minimum Gasteiger partial charge on any atom is -0.319 e. The fourth-order valence-corrected chi connectivity index (χ4v) is 4.44. The van der Waals surface area contributed by atoms with Crippen molar-refractivity contribution in [2.75, 3.05) is 26.7 Å². The first kappa shape index (κ1) is 17.4. The van der Waals surface area contributed by atoms with Gasteiger partial charge in [0.05, 0.1) is 4.90 Å². The molecular weight excluding hydrogens is 296 g/mol. The second-order valence-electron chi connectivity index (χ2n) is 5.34. The maximum Gasteiger partial charge on any atom is 0.243 e. The molecule has 0 aromatic heterocycles. The van der Waals surface area contributed by atoms with Crippen LogP contribution in [0.15, 0.2) is 23.1 Å². The summed E-state index contributed by atoms with van der Waals surface area (Å²) < 4.78 is 26.9. The Morgan fingerprint density at radius 2 is 2.05 bits per heavy atom. The molecule has 1 N–H and O–H groups in total. The predicted molar refractivity (Wildman–Crippen MR) is 84.0 cm³/mol. The molecule has 20 heavy (non-hydrogen) atoms. The van der Waals surface area contributed by atoms with E-state index in [2.05, 4.69) is 5.32 Å². The van der Waals surface area contributed by atoms with Gasteiger partial charge in [-0.1, -0.05) is 12.1 Å². The van der Waals surface area contributed by atoms with Crippen molar-refractivity contribution in [2.45, 2.75) is 25.2 Å². The van der Waals surface area contributed by atoms with Gasteiger partial charge >= 0.3 is 0 Å². The lowest BCUT2D eigenvalue weighted by Crippen LogP contribution is -2.31. The lowest BCUT2D eigenvalue weighted by Gasteiger charge is -2.18. The Morgan fingerprint density at radius 3 is 2.70 bits per heavy atom. The molecule has 6 heteroatoms. The van der Waals surface area contributed by atoms with Crippen LogP contribution in [0.25, 0.3) is 0 Å². The first-order valence-electron chi connectivity index (χ1n) is 6.67. The van der Waals surface area contributed by atoms with Crippen molar-refractivity contribution in [3.63, 3.8) is 0 Å². The summed E-state index contributed by atoms with van der Waals surface area (Å²) in [5.74, 6) is 0.421. The highest BCUT2D eigenvalue weighted by molar-refractivity contribution is 7.89. The third-order valence-corrected chi connectivity index (χ3v) is 5.71. The summed E-state index contributed by atoms with van der Waals surface area (Å²) in [4.78, 5) is 0.456. The molecule has 1 aromatic rings. The first-order chi connectivity index (χ1) is 8.95. The van der Waals surface area contributed by atoms with Crippen LogP contribution >= 0.6 is 12.4 Å². The summed E-state index contributed by atoms with van der Waals surface area (Å²) in [6.45, 7) is 5.90. The van der Waals surface area contributed by atoms with Gasteiger partial charge in [0.2, 0.25) is 10.0 Å². The predicted octanol–water partition coefficient (Wildman–Crippen LogP) is 1.96. The monoisotopic (exact) mass is 318 g/mol. The van der Waals surface area contributed by atoms with Crippen molar-refractivity contribution < 1.29 is 8.42 Å². The zero-order valence-corrected chi connectivity index (χ0v) is 13.9. The van der Waals surface area contributed by atoms with Crippen molar-refractivity contribution in [3.05, 3.63) is 29.3 Å². The zero-order valence-electron chi connectivity index (χ0n) is 12.2. The highest BCUT2D eigenvalue weighted by Gasteiger charge is 2.32. The molecule has 0 amide bonds. The molecule has 1 heterocycles. The van der Waals surface area contributed by atoms with Crippen LogP contribution in [0, 0.1) is 19.8 Å². The summed E-state index contributed by atoms with van der Waals surface area (Å²) in [5, 5.41) is 3.12. The van der Waals surface area contributed by atoms with E-state index in [0.717, 1.165) is 24.1 Å². The van der Waals surface area contributed by atoms with Crippen LogP contribution in [-0.4, -0.2) is 39.4 Å². The molecule has 1 atom stereocenters. The largest absolute Gasteiger partial charge is 0.319 e. The number of rotatable bonds is 4. The molecule has 114 valence electrons. The van der Waals surface area contributed by atoms with Gasteiger partial charge in [-0.25, -0.2) is 8.42 Å². The smallest absolute Gasteiger partial charge is 0.243 e. The third kappa shape index (κ3) is 3.52. The standard InChI is InChI=1S/C14H22N2O2S.ClH/c1-11-4-5-12(2)14(8-11)19(17,18)16-7-6-13(10-16)9-15-3;/h4-5,8,13,15H,6-7,9-10H2,1-3H3;1H. The molecule has 0 radical (unpaired) electrons. The molecule has 2 rings (SSSR count). The maximum atomic E-state index is 12.7. The number of sulfonamides is 1. The minimum atomic E-state index is -3.34. The normalized spacial score (nSPS) is 19.9. The molecule has 1 saturated heterocycles. The van der Waals surface area contributed by atoms with E-state index in [-0.39, 0.29) is 12.4 Å². The van der Waals surface area contributed by atoms with Gasteiger partial charge in [-0.05, 0) is 57.0 Å². The van der Waals surface area contributed by atoms with Gasteiger partial charge in [-0.3, -0.25) is 0 Å². The van der Waals surface area contributed by atoms with Gasteiger partial charge in [-0.15, -0.1) is 12.4 Å². The van der Waals surface area contributed by atoms with E-state index in [1.165, 1.54) is 0 Å². The van der Waals surface area contributed by atoms with Crippen LogP contribution in [0.1, 0.15) is 17.5 Å². The third-order valence-electron chi connectivity index (χ3n) is 3.70. The Bertz CT molecular complexity index is 560. The number of benzene rings is 1. The van der Waals surface area contributed by atoms with E-state index < -0.39 is 10.0 Å². The molecule has 1 aliphatic rings. The van der Waals surface area contributed by atoms with Crippen LogP contribution < -0.4 is 5.32 Å². The molecule has 0 bridgehead atoms. The van der Waals surface area contributed by atoms with Crippen LogP contribution in [0.4, 0.5) is 0 Å². The second-order valence-corrected chi connectivity index (χ2v) is 7.25. The molecular formula is C14H23ClN2O2S. The van der Waals surface area contributed by atoms with Crippen molar-refractivity contribution in [1.29, 1.82) is 0 Å². The Morgan fingerprint density at radius 1 is 1.35 bits per heavy atom. The van der Waals surface area contributed by atoms with Crippen LogP contribution in [0.3, 0.4) is 0 Å². The van der Waals surface area contributed by atoms with Crippen molar-refractivity contribution in [1.82, 2.24) is 9.62 Å². The van der Waals surface area contributed by atoms with E-state index in [0.29, 0.717) is 23.9 Å². The van der Waals surface area contributed by atoms with Gasteiger partial charge in [0.25, 0.3) is 0 Å². The van der Waals surface area contributed by atoms with Crippen LogP contribution in [0.5, 0.6) is 0 Å². The summed E-state index contributed by atoms with van der Waals surface area (Å²) in [7, 11) is -1.43. The van der Waals surface area contributed by atoms with Crippen LogP contribution in [0.2, 0.25) is 0 Å². The average molecular weight is 319 g/mol. The van der Waals surface area contributed by atoms with Crippen LogP contribution in [-0.2, 0) is 10.0 Å². The molecule has 0 spiro atoms. The summed E-state index contributed by atoms with van der Waals surface area (Å²) in [5.41, 5.74) is 1.80. The quantitative estimate of drug-likeness (QED) is 0.923. The first-order valence-corrected chi connectivity index (χ1v) is 8.11. The number of hydrogen-bond acceptors (Lipinski definition) is 3. The van der Waals surface area contributed by atoms with Gasteiger partial charge in [0.15, 0.2) is 0 Å². The molecule has 4 nitrogen and oxygen atoms in total. The highest BCUT2D eigenvalue weighted by atomic mass is 35.5. The number of nitrogens with zero attached hydrogens (tertiary/aromatic N) is 1. The zero-order chi connectivity index (χ0) is 14.0. The Balaban J connectivity index is 0.00000200. The summed E-state index contributed by atoms with van der Waals surface area (Å²) in [6, 6.07) is 5.60. The van der Waals surface area contributed by atoms with Gasteiger partial charge in [0.1, 0.15) is 0 Å². The van der Waals surface area contributed by atoms with E-state index in [9.17, 15) is 8.42 Å². The average Bonchev–Trinajstić information content (AvgIpc) is 2.82. The number of nitrogens with one attached hydrogen (secondary N) is 1. The molecule has 1 aromatic carbocycles. The van der Waals surface area contributed by atoms with E-state index in [1.807, 2.05) is 33.0 Å². The van der Waals surface area contributed by atoms with Crippen molar-refractivity contribution >= 4 is 22.4 Å². The number of hydrogen-bond donors (Lipinski definition) is 1. The molecule has 1 aliphatic heterocycles. The molecule has 1 fully saturated rings. The fourth-order valence-electron chi connectivity index (χ4n) is 2.60. The van der Waals surface area contributed by atoms with E-state index >= 15 is 0 Å². The minimum absolute atomic E-state index is 0. The van der Waals surface area contributed by atoms with E-state index in [1.54, 1.807) is 10.4 Å². The SMILES string of the molecule is CNCC1CCN(S(=O)(=O)c2cc(C)ccc2C)C1.Cl. The van der Waals surface area contributed by atoms with Crippen molar-refractivity contribution in [3.8, 4) is 0 Å². The highest BCUT2D eigenvalue weighted by Crippen LogP contribution is 2.26. The fraction of sp³-hybridized carbons (Fsp3) is 0.571. The maximum absolute atomic E-state index is 12.7. The van der Waals surface area contributed by atoms with Crippen molar-refractivity contribution in [2.24, 2.45) is 5.92 Å². The lowest BCUT2D eigenvalue weighted by atomic mass is 10.1. The Kier molecular flexibility index (Phi) is 6.01. The summed E-state index contributed by atoms with van der Waals surface area (Å²) in [6.07, 6.45) is 0.935. The van der Waals surface area contributed by atoms with Gasteiger partial charge < -0.3 is 5.32 Å². The molecule has 1 unspecified atom stereocenters. The van der Waals surface area contributed by atoms with Gasteiger partial charge in [0, 0.05) is 13.1 Å². The molecule has 0 saturated carbocycles. The lowest BCUT2D eigenvalue weighted by molar-refractivity contribution is 0.451. The molecule has 0 aliphatic carbocycles. The Labute approximate surface area is 128 Å². The van der Waals surface area contributed by atoms with E-state index in [4.69, 9.17) is 0 Å².